The Balaban J connectivity index is 2.50. The van der Waals surface area contributed by atoms with Gasteiger partial charge in [-0.1, -0.05) is 0 Å². The lowest BCUT2D eigenvalue weighted by molar-refractivity contribution is -0.138. The molecule has 1 fully saturated rings. The van der Waals surface area contributed by atoms with E-state index in [-0.39, 0.29) is 5.54 Å². The number of hydrogen-bond acceptors (Lipinski definition) is 3. The lowest BCUT2D eigenvalue weighted by atomic mass is 9.93. The van der Waals surface area contributed by atoms with E-state index >= 15 is 0 Å². The number of likely N-dealkylation sites (N-methyl/N-ethyl adjacent to an activating group) is 1. The first-order valence-corrected chi connectivity index (χ1v) is 3.40. The molecule has 58 valence electrons. The molecule has 0 N–H and O–H groups in total. The summed E-state index contributed by atoms with van der Waals surface area (Å²) in [4.78, 5) is 12.3. The van der Waals surface area contributed by atoms with Crippen LogP contribution in [0.1, 0.15) is 6.42 Å². The molecule has 3 nitrogen and oxygen atoms in total. The highest BCUT2D eigenvalue weighted by Crippen LogP contribution is 2.24. The highest BCUT2D eigenvalue weighted by Gasteiger charge is 2.40. The fraction of sp³-hybridized carbons (Fsp3) is 0.857. The first-order chi connectivity index (χ1) is 4.71. The maximum Gasteiger partial charge on any atom is 0.122 e. The highest BCUT2D eigenvalue weighted by molar-refractivity contribution is 5.52. The predicted molar refractivity (Wildman–Crippen MR) is 37.9 cm³/mol. The summed E-state index contributed by atoms with van der Waals surface area (Å²) < 4.78 is 5.05. The average molecular weight is 143 g/mol. The summed E-state index contributed by atoms with van der Waals surface area (Å²) in [6, 6.07) is 0. The fourth-order valence-corrected chi connectivity index (χ4v) is 1.05. The molecule has 1 aliphatic heterocycles. The second-order valence-electron chi connectivity index (χ2n) is 2.98. The largest absolute Gasteiger partial charge is 0.377 e. The molecule has 0 aromatic heterocycles. The minimum absolute atomic E-state index is 0.0156. The van der Waals surface area contributed by atoms with Gasteiger partial charge in [0, 0.05) is 6.42 Å². The van der Waals surface area contributed by atoms with E-state index in [1.54, 1.807) is 0 Å². The van der Waals surface area contributed by atoms with E-state index < -0.39 is 0 Å². The summed E-state index contributed by atoms with van der Waals surface area (Å²) in [5.74, 6) is 0. The van der Waals surface area contributed by atoms with Gasteiger partial charge >= 0.3 is 0 Å². The van der Waals surface area contributed by atoms with E-state index in [4.69, 9.17) is 4.74 Å². The number of nitrogens with zero attached hydrogens (tertiary/aromatic N) is 1. The minimum Gasteiger partial charge on any atom is -0.377 e. The third kappa shape index (κ3) is 1.07. The van der Waals surface area contributed by atoms with Gasteiger partial charge in [0.15, 0.2) is 0 Å². The van der Waals surface area contributed by atoms with Crippen LogP contribution in [-0.4, -0.2) is 44.0 Å². The second kappa shape index (κ2) is 2.68. The highest BCUT2D eigenvalue weighted by atomic mass is 16.5. The third-order valence-electron chi connectivity index (χ3n) is 2.15. The summed E-state index contributed by atoms with van der Waals surface area (Å²) in [6.45, 7) is 1.39. The van der Waals surface area contributed by atoms with Crippen molar-refractivity contribution in [3.63, 3.8) is 0 Å². The second-order valence-corrected chi connectivity index (χ2v) is 2.98. The maximum atomic E-state index is 10.2. The Morgan fingerprint density at radius 2 is 2.20 bits per heavy atom. The van der Waals surface area contributed by atoms with Crippen molar-refractivity contribution >= 4 is 6.29 Å². The summed E-state index contributed by atoms with van der Waals surface area (Å²) >= 11 is 0. The zero-order valence-electron chi connectivity index (χ0n) is 6.46. The molecule has 3 heteroatoms. The van der Waals surface area contributed by atoms with E-state index in [1.807, 2.05) is 14.1 Å². The molecule has 0 spiro atoms. The Bertz CT molecular complexity index is 130. The van der Waals surface area contributed by atoms with Crippen molar-refractivity contribution in [3.8, 4) is 0 Å². The number of carbonyl (C=O) groups is 1. The van der Waals surface area contributed by atoms with Crippen LogP contribution in [0, 0.1) is 0 Å². The molecule has 0 aromatic rings. The average Bonchev–Trinajstić information content (AvgIpc) is 1.77. The Labute approximate surface area is 61.0 Å². The quantitative estimate of drug-likeness (QED) is 0.517. The van der Waals surface area contributed by atoms with Gasteiger partial charge in [-0.15, -0.1) is 0 Å². The Morgan fingerprint density at radius 1 is 1.60 bits per heavy atom. The normalized spacial score (nSPS) is 22.3. The Morgan fingerprint density at radius 3 is 2.30 bits per heavy atom. The van der Waals surface area contributed by atoms with Crippen LogP contribution in [0.2, 0.25) is 0 Å². The molecule has 1 rings (SSSR count). The Hall–Kier alpha value is -0.410. The summed E-state index contributed by atoms with van der Waals surface area (Å²) in [7, 11) is 3.96. The van der Waals surface area contributed by atoms with Crippen LogP contribution in [0.25, 0.3) is 0 Å². The van der Waals surface area contributed by atoms with Crippen molar-refractivity contribution in [1.29, 1.82) is 0 Å². The SMILES string of the molecule is CN(C)C1(CC=O)COC1. The molecule has 0 aromatic carbocycles. The van der Waals surface area contributed by atoms with Gasteiger partial charge in [-0.05, 0) is 14.1 Å². The molecule has 10 heavy (non-hydrogen) atoms. The summed E-state index contributed by atoms with van der Waals surface area (Å²) in [5, 5.41) is 0. The van der Waals surface area contributed by atoms with Crippen molar-refractivity contribution in [2.75, 3.05) is 27.3 Å². The number of carbonyl (C=O) groups excluding carboxylic acids is 1. The predicted octanol–water partition coefficient (Wildman–Crippen LogP) is -0.0940. The maximum absolute atomic E-state index is 10.2. The van der Waals surface area contributed by atoms with Gasteiger partial charge in [0.2, 0.25) is 0 Å². The molecule has 0 bridgehead atoms. The van der Waals surface area contributed by atoms with Crippen LogP contribution in [0.5, 0.6) is 0 Å². The van der Waals surface area contributed by atoms with Gasteiger partial charge in [-0.3, -0.25) is 4.90 Å². The van der Waals surface area contributed by atoms with Gasteiger partial charge in [0.1, 0.15) is 6.29 Å². The Kier molecular flexibility index (Phi) is 2.06. The number of hydrogen-bond donors (Lipinski definition) is 0. The van der Waals surface area contributed by atoms with E-state index in [9.17, 15) is 4.79 Å². The van der Waals surface area contributed by atoms with Gasteiger partial charge in [-0.25, -0.2) is 0 Å². The summed E-state index contributed by atoms with van der Waals surface area (Å²) in [5.41, 5.74) is 0.0156. The minimum atomic E-state index is 0.0156. The molecule has 0 unspecified atom stereocenters. The molecular weight excluding hydrogens is 130 g/mol. The van der Waals surface area contributed by atoms with Crippen LogP contribution < -0.4 is 0 Å². The molecular formula is C7H13NO2. The molecule has 0 saturated carbocycles. The van der Waals surface area contributed by atoms with E-state index in [0.29, 0.717) is 19.6 Å². The van der Waals surface area contributed by atoms with Crippen LogP contribution in [0.15, 0.2) is 0 Å². The first-order valence-electron chi connectivity index (χ1n) is 3.40. The molecule has 1 aliphatic rings. The van der Waals surface area contributed by atoms with E-state index in [1.165, 1.54) is 0 Å². The van der Waals surface area contributed by atoms with Gasteiger partial charge in [0.05, 0.1) is 18.8 Å². The van der Waals surface area contributed by atoms with E-state index in [2.05, 4.69) is 4.90 Å². The molecule has 0 amide bonds. The zero-order chi connectivity index (χ0) is 7.61. The number of ether oxygens (including phenoxy) is 1. The molecule has 1 heterocycles. The van der Waals surface area contributed by atoms with Crippen molar-refractivity contribution < 1.29 is 9.53 Å². The number of rotatable bonds is 3. The van der Waals surface area contributed by atoms with Gasteiger partial charge < -0.3 is 9.53 Å². The lowest BCUT2D eigenvalue weighted by Gasteiger charge is -2.45. The first kappa shape index (κ1) is 7.69. The molecule has 0 atom stereocenters. The van der Waals surface area contributed by atoms with Crippen molar-refractivity contribution in [1.82, 2.24) is 4.90 Å². The van der Waals surface area contributed by atoms with Crippen molar-refractivity contribution in [3.05, 3.63) is 0 Å². The molecule has 1 saturated heterocycles. The smallest absolute Gasteiger partial charge is 0.122 e. The standard InChI is InChI=1S/C7H13NO2/c1-8(2)7(3-4-9)5-10-6-7/h4H,3,5-6H2,1-2H3. The third-order valence-corrected chi connectivity index (χ3v) is 2.15. The zero-order valence-corrected chi connectivity index (χ0v) is 6.46. The van der Waals surface area contributed by atoms with Crippen LogP contribution in [-0.2, 0) is 9.53 Å². The monoisotopic (exact) mass is 143 g/mol. The van der Waals surface area contributed by atoms with Gasteiger partial charge in [-0.2, -0.15) is 0 Å². The molecule has 0 aliphatic carbocycles. The number of aldehydes is 1. The topological polar surface area (TPSA) is 29.5 Å². The molecule has 0 radical (unpaired) electrons. The van der Waals surface area contributed by atoms with Gasteiger partial charge in [0.25, 0.3) is 0 Å². The fourth-order valence-electron chi connectivity index (χ4n) is 1.05. The van der Waals surface area contributed by atoms with Crippen molar-refractivity contribution in [2.45, 2.75) is 12.0 Å². The summed E-state index contributed by atoms with van der Waals surface area (Å²) in [6.07, 6.45) is 1.54. The lowest BCUT2D eigenvalue weighted by Crippen LogP contribution is -2.59. The van der Waals surface area contributed by atoms with Crippen LogP contribution in [0.3, 0.4) is 0 Å². The van der Waals surface area contributed by atoms with Crippen LogP contribution >= 0.6 is 0 Å². The van der Waals surface area contributed by atoms with Crippen molar-refractivity contribution in [2.24, 2.45) is 0 Å². The van der Waals surface area contributed by atoms with Crippen LogP contribution in [0.4, 0.5) is 0 Å². The van der Waals surface area contributed by atoms with E-state index in [0.717, 1.165) is 6.29 Å².